The van der Waals surface area contributed by atoms with Crippen LogP contribution in [0, 0.1) is 13.8 Å². The monoisotopic (exact) mass is 463 g/mol. The van der Waals surface area contributed by atoms with Crippen LogP contribution in [0.25, 0.3) is 0 Å². The fraction of sp³-hybridized carbons (Fsp3) is 0.438. The van der Waals surface area contributed by atoms with Gasteiger partial charge in [0, 0.05) is 35.9 Å². The molecule has 2 aromatic rings. The zero-order valence-corrected chi connectivity index (χ0v) is 18.7. The Morgan fingerprint density at radius 1 is 1.14 bits per heavy atom. The van der Waals surface area contributed by atoms with Crippen molar-refractivity contribution >= 4 is 48.6 Å². The lowest BCUT2D eigenvalue weighted by Gasteiger charge is -2.34. The highest BCUT2D eigenvalue weighted by molar-refractivity contribution is 7.91. The minimum atomic E-state index is -3.71. The zero-order valence-electron chi connectivity index (χ0n) is 15.4. The molecule has 1 aliphatic rings. The molecule has 1 aliphatic heterocycles. The first-order valence-corrected chi connectivity index (χ1v) is 13.1. The number of piperazine rings is 1. The quantitative estimate of drug-likeness (QED) is 0.694. The molecule has 1 fully saturated rings. The minimum Gasteiger partial charge on any atom is -0.339 e. The molecule has 0 aliphatic carbocycles. The van der Waals surface area contributed by atoms with E-state index in [1.165, 1.54) is 26.6 Å². The van der Waals surface area contributed by atoms with Crippen LogP contribution in [-0.2, 0) is 24.8 Å². The van der Waals surface area contributed by atoms with Crippen LogP contribution in [0.4, 0.5) is 0 Å². The summed E-state index contributed by atoms with van der Waals surface area (Å²) in [6.07, 6.45) is 0. The molecule has 1 amide bonds. The van der Waals surface area contributed by atoms with Crippen molar-refractivity contribution in [2.24, 2.45) is 0 Å². The lowest BCUT2D eigenvalue weighted by atomic mass is 10.3. The molecule has 0 saturated carbocycles. The van der Waals surface area contributed by atoms with Crippen LogP contribution >= 0.6 is 22.7 Å². The lowest BCUT2D eigenvalue weighted by Crippen LogP contribution is -2.52. The number of carbonyl (C=O) groups is 1. The van der Waals surface area contributed by atoms with Crippen molar-refractivity contribution in [1.82, 2.24) is 13.9 Å². The van der Waals surface area contributed by atoms with Gasteiger partial charge in [-0.2, -0.15) is 4.31 Å². The number of nitrogens with zero attached hydrogens (tertiary/aromatic N) is 2. The van der Waals surface area contributed by atoms with E-state index in [1.807, 2.05) is 6.92 Å². The summed E-state index contributed by atoms with van der Waals surface area (Å²) in [5, 5.41) is 1.65. The maximum absolute atomic E-state index is 12.8. The van der Waals surface area contributed by atoms with Gasteiger partial charge in [-0.25, -0.2) is 21.6 Å². The van der Waals surface area contributed by atoms with Crippen LogP contribution in [-0.4, -0.2) is 64.7 Å². The molecule has 8 nitrogen and oxygen atoms in total. The number of carbonyl (C=O) groups excluding carboxylic acids is 1. The van der Waals surface area contributed by atoms with Gasteiger partial charge in [-0.1, -0.05) is 6.07 Å². The van der Waals surface area contributed by atoms with Gasteiger partial charge in [-0.3, -0.25) is 4.79 Å². The maximum Gasteiger partial charge on any atom is 0.250 e. The van der Waals surface area contributed by atoms with Crippen molar-refractivity contribution in [3.63, 3.8) is 0 Å². The largest absolute Gasteiger partial charge is 0.339 e. The summed E-state index contributed by atoms with van der Waals surface area (Å²) in [5.74, 6) is -0.375. The molecule has 0 spiro atoms. The van der Waals surface area contributed by atoms with Crippen LogP contribution in [0.15, 0.2) is 32.7 Å². The molecule has 0 bridgehead atoms. The predicted octanol–water partition coefficient (Wildman–Crippen LogP) is 1.24. The van der Waals surface area contributed by atoms with Crippen molar-refractivity contribution in [3.8, 4) is 0 Å². The second-order valence-corrected chi connectivity index (χ2v) is 12.6. The number of hydrogen-bond donors (Lipinski definition) is 1. The third kappa shape index (κ3) is 4.47. The Morgan fingerprint density at radius 2 is 1.82 bits per heavy atom. The Bertz CT molecular complexity index is 1050. The van der Waals surface area contributed by atoms with Gasteiger partial charge >= 0.3 is 0 Å². The van der Waals surface area contributed by atoms with E-state index in [1.54, 1.807) is 24.4 Å². The molecule has 3 rings (SSSR count). The molecule has 0 unspecified atom stereocenters. The number of amides is 1. The predicted molar refractivity (Wildman–Crippen MR) is 109 cm³/mol. The summed E-state index contributed by atoms with van der Waals surface area (Å²) in [6, 6.07) is 4.76. The van der Waals surface area contributed by atoms with E-state index >= 15 is 0 Å². The molecule has 3 heterocycles. The van der Waals surface area contributed by atoms with Gasteiger partial charge in [-0.05, 0) is 31.4 Å². The second-order valence-electron chi connectivity index (χ2n) is 6.32. The van der Waals surface area contributed by atoms with E-state index in [4.69, 9.17) is 0 Å². The molecule has 0 aromatic carbocycles. The summed E-state index contributed by atoms with van der Waals surface area (Å²) < 4.78 is 53.7. The molecule has 1 saturated heterocycles. The molecule has 12 heteroatoms. The Balaban J connectivity index is 1.58. The van der Waals surface area contributed by atoms with Crippen molar-refractivity contribution in [1.29, 1.82) is 0 Å². The lowest BCUT2D eigenvalue weighted by molar-refractivity contribution is -0.131. The average Bonchev–Trinajstić information content (AvgIpc) is 3.30. The van der Waals surface area contributed by atoms with Crippen molar-refractivity contribution in [2.75, 3.05) is 32.7 Å². The van der Waals surface area contributed by atoms with E-state index in [0.717, 1.165) is 21.1 Å². The van der Waals surface area contributed by atoms with Gasteiger partial charge in [0.05, 0.1) is 11.4 Å². The van der Waals surface area contributed by atoms with Crippen LogP contribution in [0.5, 0.6) is 0 Å². The van der Waals surface area contributed by atoms with Crippen LogP contribution in [0.2, 0.25) is 0 Å². The topological polar surface area (TPSA) is 104 Å². The van der Waals surface area contributed by atoms with Crippen LogP contribution in [0.3, 0.4) is 0 Å². The van der Waals surface area contributed by atoms with Crippen molar-refractivity contribution < 1.29 is 21.6 Å². The van der Waals surface area contributed by atoms with Gasteiger partial charge in [0.25, 0.3) is 10.0 Å². The van der Waals surface area contributed by atoms with Gasteiger partial charge in [0.15, 0.2) is 0 Å². The number of thiophene rings is 2. The molecular formula is C16H21N3O5S4. The Labute approximate surface area is 172 Å². The fourth-order valence-electron chi connectivity index (χ4n) is 2.94. The van der Waals surface area contributed by atoms with Gasteiger partial charge in [0.2, 0.25) is 15.9 Å². The van der Waals surface area contributed by atoms with Gasteiger partial charge < -0.3 is 4.90 Å². The molecule has 2 aromatic heterocycles. The van der Waals surface area contributed by atoms with E-state index in [9.17, 15) is 21.6 Å². The Morgan fingerprint density at radius 3 is 2.36 bits per heavy atom. The third-order valence-corrected chi connectivity index (χ3v) is 10.3. The highest BCUT2D eigenvalue weighted by Gasteiger charge is 2.32. The number of nitrogens with one attached hydrogen (secondary N) is 1. The molecule has 154 valence electrons. The average molecular weight is 464 g/mol. The maximum atomic E-state index is 12.8. The van der Waals surface area contributed by atoms with Crippen molar-refractivity contribution in [3.05, 3.63) is 33.3 Å². The van der Waals surface area contributed by atoms with Crippen LogP contribution < -0.4 is 4.72 Å². The summed E-state index contributed by atoms with van der Waals surface area (Å²) >= 11 is 2.51. The number of hydrogen-bond acceptors (Lipinski definition) is 7. The minimum absolute atomic E-state index is 0.151. The first-order chi connectivity index (χ1) is 13.1. The molecule has 1 N–H and O–H groups in total. The van der Waals surface area contributed by atoms with Gasteiger partial charge in [-0.15, -0.1) is 22.7 Å². The molecule has 0 atom stereocenters. The number of sulfonamides is 2. The van der Waals surface area contributed by atoms with E-state index in [-0.39, 0.29) is 42.8 Å². The molecule has 0 radical (unpaired) electrons. The Hall–Kier alpha value is -1.31. The standard InChI is InChI=1S/C16H21N3O5S4/c1-12-10-14(13(2)26-12)28(23,24)19-7-5-18(6-8-19)15(20)11-17-27(21,22)16-4-3-9-25-16/h3-4,9-10,17H,5-8,11H2,1-2H3. The number of aryl methyl sites for hydroxylation is 2. The summed E-state index contributed by atoms with van der Waals surface area (Å²) in [7, 11) is -7.30. The number of rotatable bonds is 6. The zero-order chi connectivity index (χ0) is 20.5. The van der Waals surface area contributed by atoms with Crippen LogP contribution in [0.1, 0.15) is 9.75 Å². The third-order valence-electron chi connectivity index (χ3n) is 4.38. The summed E-state index contributed by atoms with van der Waals surface area (Å²) in [4.78, 5) is 15.8. The fourth-order valence-corrected chi connectivity index (χ4v) is 7.89. The van der Waals surface area contributed by atoms with E-state index in [2.05, 4.69) is 4.72 Å². The second kappa shape index (κ2) is 8.20. The molecule has 28 heavy (non-hydrogen) atoms. The van der Waals surface area contributed by atoms with Crippen molar-refractivity contribution in [2.45, 2.75) is 23.0 Å². The SMILES string of the molecule is Cc1cc(S(=O)(=O)N2CCN(C(=O)CNS(=O)(=O)c3cccs3)CC2)c(C)s1. The smallest absolute Gasteiger partial charge is 0.250 e. The summed E-state index contributed by atoms with van der Waals surface area (Å²) in [6.45, 7) is 4.10. The summed E-state index contributed by atoms with van der Waals surface area (Å²) in [5.41, 5.74) is 0. The highest BCUT2D eigenvalue weighted by Crippen LogP contribution is 2.28. The van der Waals surface area contributed by atoms with Gasteiger partial charge in [0.1, 0.15) is 4.21 Å². The molecular weight excluding hydrogens is 442 g/mol. The van der Waals surface area contributed by atoms with E-state index in [0.29, 0.717) is 4.90 Å². The normalized spacial score (nSPS) is 16.4. The highest BCUT2D eigenvalue weighted by atomic mass is 32.2. The first-order valence-electron chi connectivity index (χ1n) is 8.49. The Kier molecular flexibility index (Phi) is 6.27. The van der Waals surface area contributed by atoms with E-state index < -0.39 is 20.0 Å². The first kappa shape index (κ1) is 21.4.